The molecule has 1 atom stereocenters. The first-order valence-corrected chi connectivity index (χ1v) is 11.6. The number of carbonyl (C=O) groups is 1. The molecule has 0 saturated carbocycles. The molecule has 11 heteroatoms. The van der Waals surface area contributed by atoms with Crippen LogP contribution < -0.4 is 10.3 Å². The summed E-state index contributed by atoms with van der Waals surface area (Å²) in [4.78, 5) is 30.7. The van der Waals surface area contributed by atoms with E-state index in [9.17, 15) is 18.0 Å². The maximum Gasteiger partial charge on any atom is 0.277 e. The summed E-state index contributed by atoms with van der Waals surface area (Å²) in [5.74, 6) is -0.351. The second-order valence-electron chi connectivity index (χ2n) is 7.56. The second-order valence-corrected chi connectivity index (χ2v) is 9.30. The second kappa shape index (κ2) is 7.82. The first-order chi connectivity index (χ1) is 14.7. The van der Waals surface area contributed by atoms with E-state index in [1.165, 1.54) is 4.52 Å². The molecule has 0 bridgehead atoms. The lowest BCUT2D eigenvalue weighted by Crippen LogP contribution is -2.43. The van der Waals surface area contributed by atoms with Crippen LogP contribution in [-0.4, -0.2) is 59.8 Å². The third-order valence-electron chi connectivity index (χ3n) is 5.30. The number of ether oxygens (including phenoxy) is 1. The topological polar surface area (TPSA) is 126 Å². The Bertz CT molecular complexity index is 1330. The van der Waals surface area contributed by atoms with E-state index in [1.54, 1.807) is 42.2 Å². The summed E-state index contributed by atoms with van der Waals surface area (Å²) in [5, 5.41) is 4.43. The molecule has 2 aromatic heterocycles. The molecule has 1 aliphatic rings. The Morgan fingerprint density at radius 2 is 2.03 bits per heavy atom. The number of para-hydroxylation sites is 1. The lowest BCUT2D eigenvalue weighted by molar-refractivity contribution is -0.00391. The molecule has 10 nitrogen and oxygen atoms in total. The zero-order valence-corrected chi connectivity index (χ0v) is 18.2. The van der Waals surface area contributed by atoms with Gasteiger partial charge in [0.25, 0.3) is 11.5 Å². The number of nitrogens with zero attached hydrogens (tertiary/aromatic N) is 3. The molecule has 1 saturated heterocycles. The Kier molecular flexibility index (Phi) is 5.31. The van der Waals surface area contributed by atoms with Crippen LogP contribution >= 0.6 is 0 Å². The van der Waals surface area contributed by atoms with Crippen molar-refractivity contribution in [3.63, 3.8) is 0 Å². The van der Waals surface area contributed by atoms with Crippen LogP contribution in [0.1, 0.15) is 33.4 Å². The Morgan fingerprint density at radius 1 is 1.29 bits per heavy atom. The summed E-state index contributed by atoms with van der Waals surface area (Å²) in [5.41, 5.74) is 2.56. The molecule has 1 aliphatic heterocycles. The molecule has 3 heterocycles. The predicted octanol–water partition coefficient (Wildman–Crippen LogP) is 1.22. The Morgan fingerprint density at radius 3 is 2.77 bits per heavy atom. The van der Waals surface area contributed by atoms with Gasteiger partial charge in [-0.3, -0.25) is 14.3 Å². The number of sulfonamides is 1. The minimum absolute atomic E-state index is 0.205. The molecule has 0 spiro atoms. The van der Waals surface area contributed by atoms with Crippen LogP contribution in [0.2, 0.25) is 0 Å². The van der Waals surface area contributed by atoms with Crippen molar-refractivity contribution in [1.29, 1.82) is 0 Å². The van der Waals surface area contributed by atoms with Crippen LogP contribution in [-0.2, 0) is 14.8 Å². The molecule has 164 valence electrons. The number of H-pyrrole nitrogens is 1. The van der Waals surface area contributed by atoms with E-state index in [1.807, 2.05) is 6.92 Å². The number of fused-ring (bicyclic) bond motifs is 1. The summed E-state index contributed by atoms with van der Waals surface area (Å²) in [6.45, 7) is 4.39. The monoisotopic (exact) mass is 445 g/mol. The third-order valence-corrected chi connectivity index (χ3v) is 5.89. The Hall–Kier alpha value is -3.18. The van der Waals surface area contributed by atoms with E-state index in [-0.39, 0.29) is 29.3 Å². The van der Waals surface area contributed by atoms with Crippen molar-refractivity contribution >= 4 is 27.3 Å². The number of aromatic nitrogens is 3. The van der Waals surface area contributed by atoms with Crippen LogP contribution in [0.4, 0.5) is 5.69 Å². The number of rotatable bonds is 4. The number of aryl methyl sites for hydroxylation is 1. The SMILES string of the molecule is Cc1[nH]c2cc(C3COCCN3C(=O)c3ccccc3NS(C)(=O)=O)nn2c(=O)c1C. The molecule has 1 aromatic carbocycles. The summed E-state index contributed by atoms with van der Waals surface area (Å²) in [7, 11) is -3.56. The number of aromatic amines is 1. The van der Waals surface area contributed by atoms with Crippen LogP contribution in [0.3, 0.4) is 0 Å². The van der Waals surface area contributed by atoms with E-state index in [0.29, 0.717) is 30.1 Å². The van der Waals surface area contributed by atoms with Gasteiger partial charge in [0.1, 0.15) is 5.65 Å². The van der Waals surface area contributed by atoms with E-state index in [2.05, 4.69) is 14.8 Å². The first kappa shape index (κ1) is 21.1. The van der Waals surface area contributed by atoms with Crippen LogP contribution in [0.25, 0.3) is 5.65 Å². The number of benzene rings is 1. The Balaban J connectivity index is 1.74. The van der Waals surface area contributed by atoms with Crippen molar-refractivity contribution in [2.45, 2.75) is 19.9 Å². The molecule has 31 heavy (non-hydrogen) atoms. The average molecular weight is 446 g/mol. The molecule has 1 unspecified atom stereocenters. The van der Waals surface area contributed by atoms with Crippen LogP contribution in [0, 0.1) is 13.8 Å². The predicted molar refractivity (Wildman–Crippen MR) is 115 cm³/mol. The van der Waals surface area contributed by atoms with Gasteiger partial charge >= 0.3 is 0 Å². The highest BCUT2D eigenvalue weighted by molar-refractivity contribution is 7.92. The molecule has 0 aliphatic carbocycles. The van der Waals surface area contributed by atoms with Crippen molar-refractivity contribution in [2.24, 2.45) is 0 Å². The van der Waals surface area contributed by atoms with Crippen molar-refractivity contribution < 1.29 is 17.9 Å². The first-order valence-electron chi connectivity index (χ1n) is 9.70. The number of nitrogens with one attached hydrogen (secondary N) is 2. The highest BCUT2D eigenvalue weighted by Crippen LogP contribution is 2.28. The van der Waals surface area contributed by atoms with E-state index >= 15 is 0 Å². The van der Waals surface area contributed by atoms with Gasteiger partial charge in [-0.1, -0.05) is 12.1 Å². The largest absolute Gasteiger partial charge is 0.377 e. The minimum Gasteiger partial charge on any atom is -0.377 e. The quantitative estimate of drug-likeness (QED) is 0.622. The van der Waals surface area contributed by atoms with Crippen molar-refractivity contribution in [3.05, 3.63) is 63.2 Å². The highest BCUT2D eigenvalue weighted by atomic mass is 32.2. The van der Waals surface area contributed by atoms with Gasteiger partial charge in [-0.15, -0.1) is 0 Å². The molecule has 1 amide bonds. The maximum atomic E-state index is 13.4. The molecule has 1 fully saturated rings. The average Bonchev–Trinajstić information content (AvgIpc) is 3.15. The number of morpholine rings is 1. The van der Waals surface area contributed by atoms with E-state index in [0.717, 1.165) is 11.9 Å². The lowest BCUT2D eigenvalue weighted by Gasteiger charge is -2.35. The smallest absolute Gasteiger partial charge is 0.277 e. The number of carbonyl (C=O) groups excluding carboxylic acids is 1. The van der Waals surface area contributed by atoms with E-state index in [4.69, 9.17) is 4.74 Å². The van der Waals surface area contributed by atoms with Crippen molar-refractivity contribution in [3.8, 4) is 0 Å². The fourth-order valence-corrected chi connectivity index (χ4v) is 4.19. The lowest BCUT2D eigenvalue weighted by atomic mass is 10.1. The van der Waals surface area contributed by atoms with Gasteiger partial charge in [0.2, 0.25) is 10.0 Å². The standard InChI is InChI=1S/C20H23N5O5S/c1-12-13(2)21-18-10-16(22-25(18)19(12)26)17-11-30-9-8-24(17)20(27)14-6-4-5-7-15(14)23-31(3,28)29/h4-7,10,17,21,23H,8-9,11H2,1-3H3. The fourth-order valence-electron chi connectivity index (χ4n) is 3.62. The van der Waals surface area contributed by atoms with Crippen molar-refractivity contribution in [1.82, 2.24) is 19.5 Å². The molecule has 4 rings (SSSR count). The number of hydrogen-bond acceptors (Lipinski definition) is 6. The highest BCUT2D eigenvalue weighted by Gasteiger charge is 2.32. The van der Waals surface area contributed by atoms with Gasteiger partial charge in [0.15, 0.2) is 0 Å². The molecular weight excluding hydrogens is 422 g/mol. The maximum absolute atomic E-state index is 13.4. The van der Waals surface area contributed by atoms with Gasteiger partial charge in [0.05, 0.1) is 42.5 Å². The summed E-state index contributed by atoms with van der Waals surface area (Å²) >= 11 is 0. The van der Waals surface area contributed by atoms with Gasteiger partial charge in [-0.05, 0) is 26.0 Å². The summed E-state index contributed by atoms with van der Waals surface area (Å²) < 4.78 is 32.7. The Labute approximate surface area is 178 Å². The number of anilines is 1. The fraction of sp³-hybridized carbons (Fsp3) is 0.350. The third kappa shape index (κ3) is 4.06. The molecule has 2 N–H and O–H groups in total. The molecule has 0 radical (unpaired) electrons. The van der Waals surface area contributed by atoms with Gasteiger partial charge in [-0.25, -0.2) is 8.42 Å². The van der Waals surface area contributed by atoms with Crippen molar-refractivity contribution in [2.75, 3.05) is 30.7 Å². The van der Waals surface area contributed by atoms with Crippen LogP contribution in [0.5, 0.6) is 0 Å². The summed E-state index contributed by atoms with van der Waals surface area (Å²) in [6.07, 6.45) is 1.03. The zero-order valence-electron chi connectivity index (χ0n) is 17.4. The number of hydrogen-bond donors (Lipinski definition) is 2. The minimum atomic E-state index is -3.56. The molecular formula is C20H23N5O5S. The molecule has 3 aromatic rings. The summed E-state index contributed by atoms with van der Waals surface area (Å²) in [6, 6.07) is 7.64. The normalized spacial score (nSPS) is 17.1. The van der Waals surface area contributed by atoms with E-state index < -0.39 is 16.1 Å². The number of amides is 1. The van der Waals surface area contributed by atoms with Gasteiger partial charge in [-0.2, -0.15) is 9.61 Å². The zero-order chi connectivity index (χ0) is 22.3. The van der Waals surface area contributed by atoms with Gasteiger partial charge < -0.3 is 14.6 Å². The van der Waals surface area contributed by atoms with Crippen LogP contribution in [0.15, 0.2) is 35.1 Å². The van der Waals surface area contributed by atoms with Gasteiger partial charge in [0, 0.05) is 23.9 Å².